The highest BCUT2D eigenvalue weighted by molar-refractivity contribution is 5.81. The van der Waals surface area contributed by atoms with Crippen molar-refractivity contribution in [2.24, 2.45) is 5.73 Å². The third-order valence-corrected chi connectivity index (χ3v) is 2.35. The van der Waals surface area contributed by atoms with Gasteiger partial charge in [-0.05, 0) is 19.1 Å². The first-order valence-corrected chi connectivity index (χ1v) is 4.56. The highest BCUT2D eigenvalue weighted by Crippen LogP contribution is 2.21. The van der Waals surface area contributed by atoms with Gasteiger partial charge in [-0.15, -0.1) is 0 Å². The summed E-state index contributed by atoms with van der Waals surface area (Å²) in [5.74, 6) is 0. The molecular weight excluding hydrogens is 178 g/mol. The zero-order valence-corrected chi connectivity index (χ0v) is 7.94. The van der Waals surface area contributed by atoms with E-state index in [9.17, 15) is 5.11 Å². The fourth-order valence-electron chi connectivity index (χ4n) is 1.50. The molecular formula is C10H13N3O. The number of nitrogens with one attached hydrogen (secondary N) is 1. The molecule has 0 aliphatic heterocycles. The van der Waals surface area contributed by atoms with Crippen LogP contribution in [0.25, 0.3) is 10.9 Å². The van der Waals surface area contributed by atoms with Crippen LogP contribution in [0, 0.1) is 0 Å². The molecule has 0 bridgehead atoms. The molecule has 14 heavy (non-hydrogen) atoms. The number of hydrogen-bond acceptors (Lipinski definition) is 3. The van der Waals surface area contributed by atoms with Gasteiger partial charge in [0.2, 0.25) is 0 Å². The zero-order chi connectivity index (χ0) is 10.1. The topological polar surface area (TPSA) is 74.9 Å². The van der Waals surface area contributed by atoms with Crippen LogP contribution < -0.4 is 5.73 Å². The Labute approximate surface area is 81.8 Å². The number of aliphatic hydroxyl groups is 1. The molecule has 0 fully saturated rings. The van der Waals surface area contributed by atoms with Crippen molar-refractivity contribution in [2.45, 2.75) is 19.1 Å². The summed E-state index contributed by atoms with van der Waals surface area (Å²) in [6.45, 7) is 1.66. The third kappa shape index (κ3) is 1.38. The highest BCUT2D eigenvalue weighted by Gasteiger charge is 2.16. The number of rotatable bonds is 2. The molecule has 0 saturated heterocycles. The summed E-state index contributed by atoms with van der Waals surface area (Å²) in [6, 6.07) is 3.36. The van der Waals surface area contributed by atoms with E-state index in [-0.39, 0.29) is 0 Å². The average molecular weight is 191 g/mol. The Morgan fingerprint density at radius 1 is 1.50 bits per heavy atom. The Morgan fingerprint density at radius 3 is 3.00 bits per heavy atom. The lowest BCUT2D eigenvalue weighted by Crippen LogP contribution is -2.24. The summed E-state index contributed by atoms with van der Waals surface area (Å²) in [7, 11) is 0. The molecule has 2 aromatic heterocycles. The Balaban J connectivity index is 2.56. The highest BCUT2D eigenvalue weighted by atomic mass is 16.3. The van der Waals surface area contributed by atoms with E-state index in [0.29, 0.717) is 0 Å². The standard InChI is InChI=1S/C10H13N3O/c1-6(14)9(11)10-7-2-4-12-8(7)3-5-13-10/h2-6,9,12,14H,11H2,1H3/t6-,9-/m1/s1. The molecule has 0 aliphatic rings. The van der Waals surface area contributed by atoms with Crippen LogP contribution in [0.4, 0.5) is 0 Å². The number of aliphatic hydroxyl groups excluding tert-OH is 1. The molecule has 0 radical (unpaired) electrons. The number of H-pyrrole nitrogens is 1. The average Bonchev–Trinajstić information content (AvgIpc) is 2.63. The number of hydrogen-bond donors (Lipinski definition) is 3. The van der Waals surface area contributed by atoms with E-state index in [1.165, 1.54) is 0 Å². The fraction of sp³-hybridized carbons (Fsp3) is 0.300. The first-order valence-electron chi connectivity index (χ1n) is 4.56. The molecule has 0 unspecified atom stereocenters. The monoisotopic (exact) mass is 191 g/mol. The van der Waals surface area contributed by atoms with Crippen molar-refractivity contribution in [3.63, 3.8) is 0 Å². The van der Waals surface area contributed by atoms with Gasteiger partial charge < -0.3 is 15.8 Å². The number of pyridine rings is 1. The van der Waals surface area contributed by atoms with Crippen molar-refractivity contribution in [3.8, 4) is 0 Å². The second-order valence-electron chi connectivity index (χ2n) is 3.40. The largest absolute Gasteiger partial charge is 0.391 e. The molecule has 2 aromatic rings. The van der Waals surface area contributed by atoms with Crippen LogP contribution in [0.2, 0.25) is 0 Å². The van der Waals surface area contributed by atoms with Crippen molar-refractivity contribution in [1.29, 1.82) is 0 Å². The predicted molar refractivity (Wildman–Crippen MR) is 54.7 cm³/mol. The molecule has 0 aromatic carbocycles. The summed E-state index contributed by atoms with van der Waals surface area (Å²) in [6.07, 6.45) is 2.93. The SMILES string of the molecule is C[C@@H](O)[C@@H](N)c1nccc2[nH]ccc12. The molecule has 2 heterocycles. The number of nitrogens with zero attached hydrogens (tertiary/aromatic N) is 1. The molecule has 0 spiro atoms. The first kappa shape index (κ1) is 9.18. The van der Waals surface area contributed by atoms with Gasteiger partial charge in [-0.3, -0.25) is 4.98 Å². The van der Waals surface area contributed by atoms with Crippen LogP contribution in [0.1, 0.15) is 18.7 Å². The Kier molecular flexibility index (Phi) is 2.23. The minimum absolute atomic E-state index is 0.436. The van der Waals surface area contributed by atoms with Crippen LogP contribution in [0.3, 0.4) is 0 Å². The molecule has 4 N–H and O–H groups in total. The first-order chi connectivity index (χ1) is 6.70. The molecule has 74 valence electrons. The van der Waals surface area contributed by atoms with Crippen LogP contribution in [-0.2, 0) is 0 Å². The Morgan fingerprint density at radius 2 is 2.29 bits per heavy atom. The van der Waals surface area contributed by atoms with Crippen molar-refractivity contribution < 1.29 is 5.11 Å². The minimum atomic E-state index is -0.594. The normalized spacial score (nSPS) is 15.6. The van der Waals surface area contributed by atoms with Crippen LogP contribution in [0.5, 0.6) is 0 Å². The van der Waals surface area contributed by atoms with Gasteiger partial charge in [-0.1, -0.05) is 0 Å². The molecule has 2 atom stereocenters. The summed E-state index contributed by atoms with van der Waals surface area (Å²) in [5.41, 5.74) is 7.56. The van der Waals surface area contributed by atoms with E-state index in [0.717, 1.165) is 16.6 Å². The minimum Gasteiger partial charge on any atom is -0.391 e. The van der Waals surface area contributed by atoms with Crippen molar-refractivity contribution in [3.05, 3.63) is 30.2 Å². The van der Waals surface area contributed by atoms with Gasteiger partial charge in [-0.2, -0.15) is 0 Å². The second-order valence-corrected chi connectivity index (χ2v) is 3.40. The van der Waals surface area contributed by atoms with Gasteiger partial charge in [0.15, 0.2) is 0 Å². The second kappa shape index (κ2) is 3.40. The number of aromatic nitrogens is 2. The fourth-order valence-corrected chi connectivity index (χ4v) is 1.50. The van der Waals surface area contributed by atoms with Crippen molar-refractivity contribution in [1.82, 2.24) is 9.97 Å². The van der Waals surface area contributed by atoms with Crippen molar-refractivity contribution >= 4 is 10.9 Å². The van der Waals surface area contributed by atoms with Gasteiger partial charge in [0.1, 0.15) is 0 Å². The summed E-state index contributed by atoms with van der Waals surface area (Å²) >= 11 is 0. The van der Waals surface area contributed by atoms with E-state index >= 15 is 0 Å². The summed E-state index contributed by atoms with van der Waals surface area (Å²) < 4.78 is 0. The molecule has 0 amide bonds. The maximum atomic E-state index is 9.40. The molecule has 2 rings (SSSR count). The number of fused-ring (bicyclic) bond motifs is 1. The van der Waals surface area contributed by atoms with Crippen LogP contribution >= 0.6 is 0 Å². The van der Waals surface area contributed by atoms with E-state index in [4.69, 9.17) is 5.73 Å². The summed E-state index contributed by atoms with van der Waals surface area (Å²) in [5, 5.41) is 10.4. The third-order valence-electron chi connectivity index (χ3n) is 2.35. The van der Waals surface area contributed by atoms with E-state index < -0.39 is 12.1 Å². The maximum absolute atomic E-state index is 9.40. The van der Waals surface area contributed by atoms with Crippen LogP contribution in [-0.4, -0.2) is 21.2 Å². The lowest BCUT2D eigenvalue weighted by Gasteiger charge is -2.14. The lowest BCUT2D eigenvalue weighted by atomic mass is 10.1. The van der Waals surface area contributed by atoms with E-state index in [2.05, 4.69) is 9.97 Å². The van der Waals surface area contributed by atoms with E-state index in [1.54, 1.807) is 13.1 Å². The molecule has 0 aliphatic carbocycles. The Hall–Kier alpha value is -1.39. The van der Waals surface area contributed by atoms with Gasteiger partial charge >= 0.3 is 0 Å². The van der Waals surface area contributed by atoms with Gasteiger partial charge in [-0.25, -0.2) is 0 Å². The van der Waals surface area contributed by atoms with Gasteiger partial charge in [0.25, 0.3) is 0 Å². The maximum Gasteiger partial charge on any atom is 0.0737 e. The van der Waals surface area contributed by atoms with Gasteiger partial charge in [0, 0.05) is 23.3 Å². The smallest absolute Gasteiger partial charge is 0.0737 e. The molecule has 4 nitrogen and oxygen atoms in total. The Bertz CT molecular complexity index is 436. The zero-order valence-electron chi connectivity index (χ0n) is 7.94. The van der Waals surface area contributed by atoms with Gasteiger partial charge in [0.05, 0.1) is 17.8 Å². The molecule has 4 heteroatoms. The van der Waals surface area contributed by atoms with E-state index in [1.807, 2.05) is 18.3 Å². The quantitative estimate of drug-likeness (QED) is 0.661. The molecule has 0 saturated carbocycles. The number of aromatic amines is 1. The summed E-state index contributed by atoms with van der Waals surface area (Å²) in [4.78, 5) is 7.27. The predicted octanol–water partition coefficient (Wildman–Crippen LogP) is 0.943. The van der Waals surface area contributed by atoms with Crippen LogP contribution in [0.15, 0.2) is 24.5 Å². The van der Waals surface area contributed by atoms with Crippen molar-refractivity contribution in [2.75, 3.05) is 0 Å². The lowest BCUT2D eigenvalue weighted by molar-refractivity contribution is 0.163. The number of nitrogens with two attached hydrogens (primary N) is 1.